The van der Waals surface area contributed by atoms with Gasteiger partial charge in [-0.15, -0.1) is 0 Å². The average Bonchev–Trinajstić information content (AvgIpc) is 2.42. The molecule has 0 aromatic heterocycles. The molecule has 0 heterocycles. The number of nitrogens with one attached hydrogen (secondary N) is 2. The summed E-state index contributed by atoms with van der Waals surface area (Å²) < 4.78 is 29.0. The van der Waals surface area contributed by atoms with E-state index in [1.54, 1.807) is 6.07 Å². The molecule has 1 unspecified atom stereocenters. The summed E-state index contributed by atoms with van der Waals surface area (Å²) in [7, 11) is -1.65. The highest BCUT2D eigenvalue weighted by Crippen LogP contribution is 2.26. The first kappa shape index (κ1) is 18.6. The maximum absolute atomic E-state index is 12.7. The van der Waals surface area contributed by atoms with Gasteiger partial charge in [-0.05, 0) is 50.1 Å². The van der Waals surface area contributed by atoms with Gasteiger partial charge in [-0.1, -0.05) is 36.2 Å². The fourth-order valence-electron chi connectivity index (χ4n) is 2.27. The average molecular weight is 377 g/mol. The quantitative estimate of drug-likeness (QED) is 0.731. The molecule has 4 nitrogen and oxygen atoms in total. The maximum atomic E-state index is 12.7. The van der Waals surface area contributed by atoms with Crippen molar-refractivity contribution in [2.45, 2.75) is 57.5 Å². The van der Waals surface area contributed by atoms with E-state index in [1.165, 1.54) is 0 Å². The predicted octanol–water partition coefficient (Wildman–Crippen LogP) is 3.33. The summed E-state index contributed by atoms with van der Waals surface area (Å²) in [4.78, 5) is 0.358. The van der Waals surface area contributed by atoms with Gasteiger partial charge in [-0.25, -0.2) is 13.1 Å². The molecule has 120 valence electrons. The second-order valence-electron chi connectivity index (χ2n) is 5.25. The highest BCUT2D eigenvalue weighted by Gasteiger charge is 2.22. The zero-order chi connectivity index (χ0) is 16.0. The summed E-state index contributed by atoms with van der Waals surface area (Å²) in [6.07, 6.45) is 2.61. The molecule has 1 aromatic rings. The van der Waals surface area contributed by atoms with Crippen molar-refractivity contribution >= 4 is 26.0 Å². The SMILES string of the molecule is CCCC(CC)NS(=O)(=O)c1cc(CNC)cc(Br)c1C. The van der Waals surface area contributed by atoms with Crippen molar-refractivity contribution in [2.24, 2.45) is 0 Å². The Morgan fingerprint density at radius 3 is 2.48 bits per heavy atom. The van der Waals surface area contributed by atoms with Crippen LogP contribution in [0.1, 0.15) is 44.2 Å². The van der Waals surface area contributed by atoms with Crippen LogP contribution in [0.15, 0.2) is 21.5 Å². The van der Waals surface area contributed by atoms with Gasteiger partial charge in [-0.3, -0.25) is 0 Å². The van der Waals surface area contributed by atoms with E-state index in [0.717, 1.165) is 34.9 Å². The van der Waals surface area contributed by atoms with Crippen LogP contribution < -0.4 is 10.0 Å². The first-order valence-corrected chi connectivity index (χ1v) is 9.59. The van der Waals surface area contributed by atoms with Gasteiger partial charge in [0, 0.05) is 17.1 Å². The van der Waals surface area contributed by atoms with Crippen LogP contribution in [0.3, 0.4) is 0 Å². The molecule has 0 aliphatic carbocycles. The van der Waals surface area contributed by atoms with Crippen LogP contribution in [0.2, 0.25) is 0 Å². The van der Waals surface area contributed by atoms with Crippen LogP contribution in [-0.2, 0) is 16.6 Å². The van der Waals surface area contributed by atoms with Crippen LogP contribution in [0, 0.1) is 6.92 Å². The van der Waals surface area contributed by atoms with Crippen molar-refractivity contribution in [3.8, 4) is 0 Å². The summed E-state index contributed by atoms with van der Waals surface area (Å²) in [5.74, 6) is 0. The Bertz CT molecular complexity index is 573. The number of hydrogen-bond acceptors (Lipinski definition) is 3. The molecule has 1 rings (SSSR count). The fraction of sp³-hybridized carbons (Fsp3) is 0.600. The molecule has 0 bridgehead atoms. The molecule has 1 aromatic carbocycles. The lowest BCUT2D eigenvalue weighted by molar-refractivity contribution is 0.512. The molecule has 0 radical (unpaired) electrons. The molecule has 0 amide bonds. The maximum Gasteiger partial charge on any atom is 0.241 e. The van der Waals surface area contributed by atoms with Crippen molar-refractivity contribution in [2.75, 3.05) is 7.05 Å². The molecule has 6 heteroatoms. The van der Waals surface area contributed by atoms with Crippen LogP contribution in [0.4, 0.5) is 0 Å². The van der Waals surface area contributed by atoms with E-state index in [0.29, 0.717) is 11.4 Å². The highest BCUT2D eigenvalue weighted by atomic mass is 79.9. The second kappa shape index (κ2) is 8.27. The lowest BCUT2D eigenvalue weighted by atomic mass is 10.1. The Balaban J connectivity index is 3.17. The number of halogens is 1. The summed E-state index contributed by atoms with van der Waals surface area (Å²) in [6, 6.07) is 3.69. The zero-order valence-corrected chi connectivity index (χ0v) is 15.6. The Hall–Kier alpha value is -0.430. The van der Waals surface area contributed by atoms with E-state index in [9.17, 15) is 8.42 Å². The first-order chi connectivity index (χ1) is 9.85. The molecular weight excluding hydrogens is 352 g/mol. The number of benzene rings is 1. The summed E-state index contributed by atoms with van der Waals surface area (Å²) >= 11 is 3.45. The van der Waals surface area contributed by atoms with Crippen molar-refractivity contribution < 1.29 is 8.42 Å². The minimum Gasteiger partial charge on any atom is -0.316 e. The third-order valence-electron chi connectivity index (χ3n) is 3.48. The first-order valence-electron chi connectivity index (χ1n) is 7.31. The standard InChI is InChI=1S/C15H25BrN2O2S/c1-5-7-13(6-2)18-21(19,20)15-9-12(10-17-4)8-14(16)11(15)3/h8-9,13,17-18H,5-7,10H2,1-4H3. The molecule has 1 atom stereocenters. The molecule has 0 saturated heterocycles. The summed E-state index contributed by atoms with van der Waals surface area (Å²) in [5.41, 5.74) is 1.69. The molecule has 21 heavy (non-hydrogen) atoms. The van der Waals surface area contributed by atoms with E-state index in [4.69, 9.17) is 0 Å². The molecular formula is C15H25BrN2O2S. The molecule has 0 aliphatic heterocycles. The van der Waals surface area contributed by atoms with Gasteiger partial charge >= 0.3 is 0 Å². The minimum absolute atomic E-state index is 0.00821. The van der Waals surface area contributed by atoms with E-state index in [-0.39, 0.29) is 6.04 Å². The topological polar surface area (TPSA) is 58.2 Å². The Labute approximate surface area is 136 Å². The van der Waals surface area contributed by atoms with Gasteiger partial charge in [0.05, 0.1) is 4.90 Å². The summed E-state index contributed by atoms with van der Waals surface area (Å²) in [5, 5.41) is 3.05. The van der Waals surface area contributed by atoms with E-state index >= 15 is 0 Å². The zero-order valence-electron chi connectivity index (χ0n) is 13.2. The largest absolute Gasteiger partial charge is 0.316 e. The second-order valence-corrected chi connectivity index (χ2v) is 7.78. The fourth-order valence-corrected chi connectivity index (χ4v) is 4.58. The van der Waals surface area contributed by atoms with E-state index < -0.39 is 10.0 Å². The molecule has 0 aliphatic rings. The van der Waals surface area contributed by atoms with Gasteiger partial charge in [0.15, 0.2) is 0 Å². The smallest absolute Gasteiger partial charge is 0.241 e. The number of rotatable bonds is 8. The van der Waals surface area contributed by atoms with E-state index in [2.05, 4.69) is 32.9 Å². The van der Waals surface area contributed by atoms with E-state index in [1.807, 2.05) is 27.0 Å². The number of sulfonamides is 1. The third-order valence-corrected chi connectivity index (χ3v) is 5.95. The van der Waals surface area contributed by atoms with Crippen LogP contribution in [0.25, 0.3) is 0 Å². The minimum atomic E-state index is -3.50. The number of hydrogen-bond donors (Lipinski definition) is 2. The normalized spacial score (nSPS) is 13.4. The Morgan fingerprint density at radius 1 is 1.29 bits per heavy atom. The van der Waals surface area contributed by atoms with Gasteiger partial charge in [0.1, 0.15) is 0 Å². The van der Waals surface area contributed by atoms with Gasteiger partial charge in [-0.2, -0.15) is 0 Å². The van der Waals surface area contributed by atoms with Crippen molar-refractivity contribution in [1.29, 1.82) is 0 Å². The van der Waals surface area contributed by atoms with Crippen LogP contribution >= 0.6 is 15.9 Å². The predicted molar refractivity (Wildman–Crippen MR) is 91.0 cm³/mol. The third kappa shape index (κ3) is 5.06. The Kier molecular flexibility index (Phi) is 7.33. The molecule has 0 saturated carbocycles. The molecule has 2 N–H and O–H groups in total. The monoisotopic (exact) mass is 376 g/mol. The van der Waals surface area contributed by atoms with Crippen molar-refractivity contribution in [3.63, 3.8) is 0 Å². The Morgan fingerprint density at radius 2 is 1.95 bits per heavy atom. The summed E-state index contributed by atoms with van der Waals surface area (Å²) in [6.45, 7) is 6.52. The molecule has 0 spiro atoms. The molecule has 0 fully saturated rings. The highest BCUT2D eigenvalue weighted by molar-refractivity contribution is 9.10. The van der Waals surface area contributed by atoms with Crippen LogP contribution in [0.5, 0.6) is 0 Å². The lowest BCUT2D eigenvalue weighted by Gasteiger charge is -2.18. The van der Waals surface area contributed by atoms with Gasteiger partial charge in [0.25, 0.3) is 0 Å². The van der Waals surface area contributed by atoms with Crippen molar-refractivity contribution in [3.05, 3.63) is 27.7 Å². The van der Waals surface area contributed by atoms with Crippen molar-refractivity contribution in [1.82, 2.24) is 10.0 Å². The lowest BCUT2D eigenvalue weighted by Crippen LogP contribution is -2.34. The van der Waals surface area contributed by atoms with Gasteiger partial charge < -0.3 is 5.32 Å². The van der Waals surface area contributed by atoms with Gasteiger partial charge in [0.2, 0.25) is 10.0 Å². The van der Waals surface area contributed by atoms with Crippen LogP contribution in [-0.4, -0.2) is 21.5 Å².